The summed E-state index contributed by atoms with van der Waals surface area (Å²) in [4.78, 5) is 50.3. The van der Waals surface area contributed by atoms with Gasteiger partial charge in [0.1, 0.15) is 6.54 Å². The predicted octanol–water partition coefficient (Wildman–Crippen LogP) is 3.03. The summed E-state index contributed by atoms with van der Waals surface area (Å²) in [5.74, 6) is -0.768. The van der Waals surface area contributed by atoms with Gasteiger partial charge in [0, 0.05) is 25.2 Å². The number of carbonyl (C=O) groups is 3. The summed E-state index contributed by atoms with van der Waals surface area (Å²) in [7, 11) is 0. The van der Waals surface area contributed by atoms with E-state index < -0.39 is 16.1 Å². The van der Waals surface area contributed by atoms with E-state index in [1.807, 2.05) is 0 Å². The number of nitrogens with zero attached hydrogens (tertiary/aromatic N) is 3. The largest absolute Gasteiger partial charge is 0.341 e. The lowest BCUT2D eigenvalue weighted by molar-refractivity contribution is -0.384. The average Bonchev–Trinajstić information content (AvgIpc) is 2.86. The quantitative estimate of drug-likeness (QED) is 0.446. The van der Waals surface area contributed by atoms with E-state index in [1.54, 1.807) is 11.0 Å². The zero-order chi connectivity index (χ0) is 19.4. The molecule has 0 unspecified atom stereocenters. The van der Waals surface area contributed by atoms with Crippen molar-refractivity contribution in [2.24, 2.45) is 0 Å². The Morgan fingerprint density at radius 2 is 1.89 bits per heavy atom. The van der Waals surface area contributed by atoms with Crippen LogP contribution in [-0.2, 0) is 9.59 Å². The molecule has 0 aromatic heterocycles. The molecule has 2 fully saturated rings. The van der Waals surface area contributed by atoms with Crippen molar-refractivity contribution in [3.8, 4) is 0 Å². The maximum Gasteiger partial charge on any atom is 0.294 e. The third-order valence-corrected chi connectivity index (χ3v) is 5.41. The third kappa shape index (κ3) is 4.54. The van der Waals surface area contributed by atoms with E-state index >= 15 is 0 Å². The minimum Gasteiger partial charge on any atom is -0.341 e. The predicted molar refractivity (Wildman–Crippen MR) is 101 cm³/mol. The molecule has 3 amide bonds. The molecule has 2 aliphatic rings. The Kier molecular flexibility index (Phi) is 5.90. The first-order valence-electron chi connectivity index (χ1n) is 8.73. The molecule has 0 spiro atoms. The standard InChI is InChI=1S/C18H19N3O5S/c22-16(19-8-3-1-2-4-9-19)12-20-17(23)15(27-18(20)24)11-13-6-5-7-14(10-13)21(25)26/h5-7,10-11H,1-4,8-9,12H2/b15-11+. The summed E-state index contributed by atoms with van der Waals surface area (Å²) in [5.41, 5.74) is 0.355. The van der Waals surface area contributed by atoms with E-state index in [9.17, 15) is 24.5 Å². The molecule has 0 bridgehead atoms. The highest BCUT2D eigenvalue weighted by molar-refractivity contribution is 8.18. The lowest BCUT2D eigenvalue weighted by Crippen LogP contribution is -2.42. The Bertz CT molecular complexity index is 815. The van der Waals surface area contributed by atoms with Crippen molar-refractivity contribution in [3.05, 3.63) is 44.8 Å². The molecule has 2 aliphatic heterocycles. The SMILES string of the molecule is O=C(CN1C(=O)S/C(=C/c2cccc([N+](=O)[O-])c2)C1=O)N1CCCCCC1. The van der Waals surface area contributed by atoms with Crippen LogP contribution in [0.15, 0.2) is 29.2 Å². The van der Waals surface area contributed by atoms with Gasteiger partial charge in [-0.05, 0) is 36.2 Å². The van der Waals surface area contributed by atoms with Crippen molar-refractivity contribution in [1.82, 2.24) is 9.80 Å². The molecule has 0 aliphatic carbocycles. The number of thioether (sulfide) groups is 1. The summed E-state index contributed by atoms with van der Waals surface area (Å²) < 4.78 is 0. The van der Waals surface area contributed by atoms with E-state index in [-0.39, 0.29) is 23.0 Å². The fourth-order valence-corrected chi connectivity index (χ4v) is 3.91. The molecule has 3 rings (SSSR count). The highest BCUT2D eigenvalue weighted by Crippen LogP contribution is 2.32. The summed E-state index contributed by atoms with van der Waals surface area (Å²) in [5, 5.41) is 10.4. The highest BCUT2D eigenvalue weighted by Gasteiger charge is 2.37. The molecule has 2 saturated heterocycles. The van der Waals surface area contributed by atoms with Crippen molar-refractivity contribution >= 4 is 40.6 Å². The van der Waals surface area contributed by atoms with Gasteiger partial charge in [0.15, 0.2) is 0 Å². The Morgan fingerprint density at radius 3 is 2.56 bits per heavy atom. The topological polar surface area (TPSA) is 101 Å². The van der Waals surface area contributed by atoms with Gasteiger partial charge in [0.25, 0.3) is 16.8 Å². The average molecular weight is 389 g/mol. The maximum absolute atomic E-state index is 12.5. The molecule has 1 aromatic rings. The Hall–Kier alpha value is -2.68. The van der Waals surface area contributed by atoms with Crippen LogP contribution in [0.4, 0.5) is 10.5 Å². The van der Waals surface area contributed by atoms with Crippen molar-refractivity contribution in [3.63, 3.8) is 0 Å². The van der Waals surface area contributed by atoms with Crippen molar-refractivity contribution in [2.45, 2.75) is 25.7 Å². The fourth-order valence-electron chi connectivity index (χ4n) is 3.07. The number of carbonyl (C=O) groups excluding carboxylic acids is 3. The van der Waals surface area contributed by atoms with Crippen molar-refractivity contribution in [1.29, 1.82) is 0 Å². The summed E-state index contributed by atoms with van der Waals surface area (Å²) >= 11 is 0.742. The van der Waals surface area contributed by atoms with Crippen LogP contribution in [0.25, 0.3) is 6.08 Å². The Morgan fingerprint density at radius 1 is 1.19 bits per heavy atom. The van der Waals surface area contributed by atoms with Crippen LogP contribution in [0.2, 0.25) is 0 Å². The molecule has 0 N–H and O–H groups in total. The third-order valence-electron chi connectivity index (χ3n) is 4.50. The lowest BCUT2D eigenvalue weighted by Gasteiger charge is -2.22. The van der Waals surface area contributed by atoms with E-state index in [1.165, 1.54) is 24.3 Å². The van der Waals surface area contributed by atoms with Crippen LogP contribution >= 0.6 is 11.8 Å². The molecule has 0 saturated carbocycles. The van der Waals surface area contributed by atoms with Gasteiger partial charge in [0.2, 0.25) is 5.91 Å². The van der Waals surface area contributed by atoms with E-state index in [0.717, 1.165) is 42.3 Å². The summed E-state index contributed by atoms with van der Waals surface area (Å²) in [6.07, 6.45) is 5.46. The summed E-state index contributed by atoms with van der Waals surface area (Å²) in [6, 6.07) is 5.81. The molecular weight excluding hydrogens is 370 g/mol. The molecular formula is C18H19N3O5S. The number of nitro groups is 1. The number of rotatable bonds is 4. The van der Waals surface area contributed by atoms with Gasteiger partial charge in [-0.3, -0.25) is 29.4 Å². The molecule has 142 valence electrons. The maximum atomic E-state index is 12.5. The molecule has 1 aromatic carbocycles. The van der Waals surface area contributed by atoms with Crippen molar-refractivity contribution < 1.29 is 19.3 Å². The highest BCUT2D eigenvalue weighted by atomic mass is 32.2. The fraction of sp³-hybridized carbons (Fsp3) is 0.389. The molecule has 9 heteroatoms. The van der Waals surface area contributed by atoms with Gasteiger partial charge >= 0.3 is 0 Å². The van der Waals surface area contributed by atoms with Gasteiger partial charge < -0.3 is 4.90 Å². The Labute approximate surface area is 160 Å². The number of hydrogen-bond acceptors (Lipinski definition) is 6. The van der Waals surface area contributed by atoms with Crippen LogP contribution in [0.3, 0.4) is 0 Å². The molecule has 2 heterocycles. The van der Waals surface area contributed by atoms with Crippen LogP contribution in [0, 0.1) is 10.1 Å². The first-order valence-corrected chi connectivity index (χ1v) is 9.55. The number of nitro benzene ring substituents is 1. The normalized spacial score (nSPS) is 19.5. The second-order valence-corrected chi connectivity index (χ2v) is 7.41. The number of imide groups is 1. The lowest BCUT2D eigenvalue weighted by atomic mass is 10.2. The number of hydrogen-bond donors (Lipinski definition) is 0. The van der Waals surface area contributed by atoms with Crippen LogP contribution in [0.1, 0.15) is 31.2 Å². The molecule has 8 nitrogen and oxygen atoms in total. The molecule has 27 heavy (non-hydrogen) atoms. The smallest absolute Gasteiger partial charge is 0.294 e. The number of benzene rings is 1. The zero-order valence-corrected chi connectivity index (χ0v) is 15.4. The minimum atomic E-state index is -0.542. The second-order valence-electron chi connectivity index (χ2n) is 6.41. The number of likely N-dealkylation sites (tertiary alicyclic amines) is 1. The van der Waals surface area contributed by atoms with Crippen molar-refractivity contribution in [2.75, 3.05) is 19.6 Å². The first kappa shape index (κ1) is 19.1. The van der Waals surface area contributed by atoms with Gasteiger partial charge in [0.05, 0.1) is 9.83 Å². The van der Waals surface area contributed by atoms with Gasteiger partial charge in [-0.1, -0.05) is 25.0 Å². The minimum absolute atomic E-state index is 0.0979. The number of non-ortho nitro benzene ring substituents is 1. The second kappa shape index (κ2) is 8.34. The first-order chi connectivity index (χ1) is 13.0. The van der Waals surface area contributed by atoms with Gasteiger partial charge in [-0.25, -0.2) is 0 Å². The zero-order valence-electron chi connectivity index (χ0n) is 14.6. The van der Waals surface area contributed by atoms with E-state index in [0.29, 0.717) is 18.7 Å². The van der Waals surface area contributed by atoms with E-state index in [4.69, 9.17) is 0 Å². The molecule has 0 radical (unpaired) electrons. The van der Waals surface area contributed by atoms with Crippen LogP contribution in [0.5, 0.6) is 0 Å². The van der Waals surface area contributed by atoms with Crippen LogP contribution < -0.4 is 0 Å². The summed E-state index contributed by atoms with van der Waals surface area (Å²) in [6.45, 7) is 1.04. The monoisotopic (exact) mass is 389 g/mol. The van der Waals surface area contributed by atoms with Crippen LogP contribution in [-0.4, -0.2) is 51.4 Å². The Balaban J connectivity index is 1.72. The number of amides is 3. The van der Waals surface area contributed by atoms with Gasteiger partial charge in [-0.2, -0.15) is 0 Å². The molecule has 0 atom stereocenters. The van der Waals surface area contributed by atoms with E-state index in [2.05, 4.69) is 0 Å². The van der Waals surface area contributed by atoms with Gasteiger partial charge in [-0.15, -0.1) is 0 Å².